The third kappa shape index (κ3) is 0.931. The van der Waals surface area contributed by atoms with Gasteiger partial charge in [0.2, 0.25) is 0 Å². The molecule has 4 nitrogen and oxygen atoms in total. The molecule has 0 aliphatic rings. The van der Waals surface area contributed by atoms with Crippen LogP contribution >= 0.6 is 0 Å². The molecule has 1 aromatic heterocycles. The number of aromatic nitrogens is 1. The van der Waals surface area contributed by atoms with Crippen molar-refractivity contribution in [3.8, 4) is 0 Å². The summed E-state index contributed by atoms with van der Waals surface area (Å²) in [6, 6.07) is 5.20. The zero-order valence-corrected chi connectivity index (χ0v) is 6.32. The van der Waals surface area contributed by atoms with Crippen LogP contribution in [0.5, 0.6) is 0 Å². The predicted octanol–water partition coefficient (Wildman–Crippen LogP) is 0.902. The van der Waals surface area contributed by atoms with Crippen molar-refractivity contribution in [1.82, 2.24) is 5.16 Å². The van der Waals surface area contributed by atoms with Gasteiger partial charge in [-0.05, 0) is 18.2 Å². The van der Waals surface area contributed by atoms with Crippen molar-refractivity contribution in [3.63, 3.8) is 0 Å². The quantitative estimate of drug-likeness (QED) is 0.614. The van der Waals surface area contributed by atoms with Gasteiger partial charge in [-0.3, -0.25) is 0 Å². The number of hydrogen-bond acceptors (Lipinski definition) is 4. The summed E-state index contributed by atoms with van der Waals surface area (Å²) in [5.74, 6) is 0. The molecule has 12 heavy (non-hydrogen) atoms. The van der Waals surface area contributed by atoms with Gasteiger partial charge in [0.25, 0.3) is 0 Å². The van der Waals surface area contributed by atoms with Crippen LogP contribution in [0, 0.1) is 0 Å². The molecule has 0 aliphatic heterocycles. The van der Waals surface area contributed by atoms with E-state index in [2.05, 4.69) is 5.16 Å². The number of benzene rings is 1. The molecule has 0 saturated carbocycles. The minimum Gasteiger partial charge on any atom is -0.399 e. The number of anilines is 1. The van der Waals surface area contributed by atoms with Crippen LogP contribution in [0.3, 0.4) is 0 Å². The zero-order valence-electron chi connectivity index (χ0n) is 6.32. The predicted molar refractivity (Wildman–Crippen MR) is 44.3 cm³/mol. The first-order valence-corrected chi connectivity index (χ1v) is 3.56. The summed E-state index contributed by atoms with van der Waals surface area (Å²) in [6.45, 7) is -0.129. The van der Waals surface area contributed by atoms with Crippen molar-refractivity contribution >= 4 is 16.7 Å². The Morgan fingerprint density at radius 3 is 3.08 bits per heavy atom. The van der Waals surface area contributed by atoms with Gasteiger partial charge in [-0.15, -0.1) is 0 Å². The van der Waals surface area contributed by atoms with E-state index in [9.17, 15) is 0 Å². The van der Waals surface area contributed by atoms with Gasteiger partial charge in [0, 0.05) is 11.1 Å². The minimum atomic E-state index is -0.129. The molecule has 0 fully saturated rings. The SMILES string of the molecule is Nc1ccc2onc(CO)c2c1. The molecule has 2 aromatic rings. The summed E-state index contributed by atoms with van der Waals surface area (Å²) in [7, 11) is 0. The maximum absolute atomic E-state index is 8.85. The molecule has 2 rings (SSSR count). The Balaban J connectivity index is 2.75. The topological polar surface area (TPSA) is 72.3 Å². The third-order valence-electron chi connectivity index (χ3n) is 1.72. The zero-order chi connectivity index (χ0) is 8.55. The number of rotatable bonds is 1. The fraction of sp³-hybridized carbons (Fsp3) is 0.125. The largest absolute Gasteiger partial charge is 0.399 e. The second kappa shape index (κ2) is 2.49. The van der Waals surface area contributed by atoms with E-state index < -0.39 is 0 Å². The first-order chi connectivity index (χ1) is 5.81. The van der Waals surface area contributed by atoms with E-state index in [1.54, 1.807) is 18.2 Å². The van der Waals surface area contributed by atoms with Gasteiger partial charge in [-0.1, -0.05) is 5.16 Å². The highest BCUT2D eigenvalue weighted by Crippen LogP contribution is 2.20. The smallest absolute Gasteiger partial charge is 0.167 e. The number of nitrogens with two attached hydrogens (primary N) is 1. The van der Waals surface area contributed by atoms with Crippen LogP contribution in [0.1, 0.15) is 5.69 Å². The molecule has 0 spiro atoms. The molecule has 0 saturated heterocycles. The normalized spacial score (nSPS) is 10.8. The van der Waals surface area contributed by atoms with E-state index in [4.69, 9.17) is 15.4 Å². The summed E-state index contributed by atoms with van der Waals surface area (Å²) in [5, 5.41) is 13.3. The Kier molecular flexibility index (Phi) is 1.48. The lowest BCUT2D eigenvalue weighted by Crippen LogP contribution is -1.85. The van der Waals surface area contributed by atoms with Crippen LogP contribution in [0.2, 0.25) is 0 Å². The third-order valence-corrected chi connectivity index (χ3v) is 1.72. The van der Waals surface area contributed by atoms with E-state index >= 15 is 0 Å². The van der Waals surface area contributed by atoms with Gasteiger partial charge in [0.1, 0.15) is 5.69 Å². The van der Waals surface area contributed by atoms with E-state index in [-0.39, 0.29) is 6.61 Å². The van der Waals surface area contributed by atoms with Gasteiger partial charge in [0.05, 0.1) is 6.61 Å². The lowest BCUT2D eigenvalue weighted by Gasteiger charge is -1.91. The van der Waals surface area contributed by atoms with Crippen LogP contribution < -0.4 is 5.73 Å². The summed E-state index contributed by atoms with van der Waals surface area (Å²) in [4.78, 5) is 0. The number of hydrogen-bond donors (Lipinski definition) is 2. The van der Waals surface area contributed by atoms with Crippen LogP contribution in [-0.4, -0.2) is 10.3 Å². The number of aliphatic hydroxyl groups is 1. The molecular formula is C8H8N2O2. The van der Waals surface area contributed by atoms with Gasteiger partial charge in [-0.25, -0.2) is 0 Å². The fourth-order valence-corrected chi connectivity index (χ4v) is 1.12. The van der Waals surface area contributed by atoms with Crippen molar-refractivity contribution in [2.45, 2.75) is 6.61 Å². The van der Waals surface area contributed by atoms with Crippen molar-refractivity contribution in [2.24, 2.45) is 0 Å². The maximum atomic E-state index is 8.85. The highest BCUT2D eigenvalue weighted by molar-refractivity contribution is 5.82. The van der Waals surface area contributed by atoms with Crippen LogP contribution in [0.4, 0.5) is 5.69 Å². The van der Waals surface area contributed by atoms with Gasteiger partial charge < -0.3 is 15.4 Å². The van der Waals surface area contributed by atoms with Crippen LogP contribution in [-0.2, 0) is 6.61 Å². The maximum Gasteiger partial charge on any atom is 0.167 e. The molecule has 62 valence electrons. The summed E-state index contributed by atoms with van der Waals surface area (Å²) >= 11 is 0. The highest BCUT2D eigenvalue weighted by atomic mass is 16.5. The Hall–Kier alpha value is -1.55. The average Bonchev–Trinajstić information content (AvgIpc) is 2.46. The van der Waals surface area contributed by atoms with Gasteiger partial charge >= 0.3 is 0 Å². The first kappa shape index (κ1) is 7.12. The van der Waals surface area contributed by atoms with Crippen LogP contribution in [0.15, 0.2) is 22.7 Å². The monoisotopic (exact) mass is 164 g/mol. The molecule has 1 aromatic carbocycles. The van der Waals surface area contributed by atoms with E-state index in [0.717, 1.165) is 5.39 Å². The molecule has 4 heteroatoms. The van der Waals surface area contributed by atoms with E-state index in [1.165, 1.54) is 0 Å². The summed E-state index contributed by atoms with van der Waals surface area (Å²) in [6.07, 6.45) is 0. The molecule has 0 amide bonds. The first-order valence-electron chi connectivity index (χ1n) is 3.56. The van der Waals surface area contributed by atoms with E-state index in [1.807, 2.05) is 0 Å². The molecule has 0 atom stereocenters. The Labute approximate surface area is 68.6 Å². The van der Waals surface area contributed by atoms with Crippen molar-refractivity contribution in [3.05, 3.63) is 23.9 Å². The lowest BCUT2D eigenvalue weighted by molar-refractivity contribution is 0.269. The van der Waals surface area contributed by atoms with Gasteiger partial charge in [0.15, 0.2) is 5.58 Å². The molecule has 0 aliphatic carbocycles. The lowest BCUT2D eigenvalue weighted by atomic mass is 10.2. The highest BCUT2D eigenvalue weighted by Gasteiger charge is 2.05. The number of fused-ring (bicyclic) bond motifs is 1. The summed E-state index contributed by atoms with van der Waals surface area (Å²) in [5.41, 5.74) is 7.37. The fourth-order valence-electron chi connectivity index (χ4n) is 1.12. The molecule has 0 bridgehead atoms. The van der Waals surface area contributed by atoms with E-state index in [0.29, 0.717) is 17.0 Å². The van der Waals surface area contributed by atoms with Crippen molar-refractivity contribution in [2.75, 3.05) is 5.73 Å². The molecular weight excluding hydrogens is 156 g/mol. The molecule has 3 N–H and O–H groups in total. The summed E-state index contributed by atoms with van der Waals surface area (Å²) < 4.78 is 4.93. The molecule has 0 radical (unpaired) electrons. The number of nitrogens with zero attached hydrogens (tertiary/aromatic N) is 1. The number of nitrogen functional groups attached to an aromatic ring is 1. The average molecular weight is 164 g/mol. The number of aliphatic hydroxyl groups excluding tert-OH is 1. The molecule has 1 heterocycles. The van der Waals surface area contributed by atoms with Gasteiger partial charge in [-0.2, -0.15) is 0 Å². The Morgan fingerprint density at radius 2 is 2.33 bits per heavy atom. The second-order valence-corrected chi connectivity index (χ2v) is 2.54. The minimum absolute atomic E-state index is 0.129. The Morgan fingerprint density at radius 1 is 1.50 bits per heavy atom. The van der Waals surface area contributed by atoms with Crippen molar-refractivity contribution in [1.29, 1.82) is 0 Å². The molecule has 0 unspecified atom stereocenters. The van der Waals surface area contributed by atoms with Crippen LogP contribution in [0.25, 0.3) is 11.0 Å². The van der Waals surface area contributed by atoms with Crippen molar-refractivity contribution < 1.29 is 9.63 Å². The Bertz CT molecular complexity index is 408. The standard InChI is InChI=1S/C8H8N2O2/c9-5-1-2-8-6(3-5)7(4-11)10-12-8/h1-3,11H,4,9H2. The second-order valence-electron chi connectivity index (χ2n) is 2.54.